The minimum absolute atomic E-state index is 0.984. The van der Waals surface area contributed by atoms with Gasteiger partial charge < -0.3 is 14.0 Å². The van der Waals surface area contributed by atoms with Gasteiger partial charge in [-0.15, -0.1) is 0 Å². The molecule has 0 bridgehead atoms. The summed E-state index contributed by atoms with van der Waals surface area (Å²) in [5.74, 6) is 1.97. The molecule has 4 heteroatoms. The molecule has 4 heterocycles. The molecule has 0 fully saturated rings. The van der Waals surface area contributed by atoms with Gasteiger partial charge in [-0.1, -0.05) is 6.07 Å². The number of aromatic amines is 1. The summed E-state index contributed by atoms with van der Waals surface area (Å²) in [6.07, 6.45) is 0. The van der Waals surface area contributed by atoms with Crippen molar-refractivity contribution in [1.82, 2.24) is 14.5 Å². The van der Waals surface area contributed by atoms with E-state index >= 15 is 0 Å². The third-order valence-electron chi connectivity index (χ3n) is 4.50. The van der Waals surface area contributed by atoms with Crippen LogP contribution in [0.5, 0.6) is 0 Å². The highest BCUT2D eigenvalue weighted by Gasteiger charge is 1.91. The van der Waals surface area contributed by atoms with Gasteiger partial charge in [-0.2, -0.15) is 0 Å². The Hall–Kier alpha value is -3.01. The van der Waals surface area contributed by atoms with E-state index in [1.165, 1.54) is 22.8 Å². The van der Waals surface area contributed by atoms with Crippen LogP contribution >= 0.6 is 0 Å². The zero-order chi connectivity index (χ0) is 22.7. The molecule has 4 aromatic heterocycles. The second-order valence-electron chi connectivity index (χ2n) is 7.58. The van der Waals surface area contributed by atoms with E-state index in [1.807, 2.05) is 71.9 Å². The molecule has 0 aromatic carbocycles. The van der Waals surface area contributed by atoms with Gasteiger partial charge in [0.25, 0.3) is 0 Å². The number of rotatable bonds is 0. The molecule has 1 N–H and O–H groups in total. The number of nitrogens with zero attached hydrogens (tertiary/aromatic N) is 2. The summed E-state index contributed by atoms with van der Waals surface area (Å²) in [7, 11) is 2.07. The summed E-state index contributed by atoms with van der Waals surface area (Å²) in [4.78, 5) is 7.31. The summed E-state index contributed by atoms with van der Waals surface area (Å²) in [6, 6.07) is 18.3. The van der Waals surface area contributed by atoms with E-state index in [2.05, 4.69) is 59.7 Å². The van der Waals surface area contributed by atoms with Crippen LogP contribution in [0.1, 0.15) is 45.7 Å². The lowest BCUT2D eigenvalue weighted by Gasteiger charge is -1.96. The quantitative estimate of drug-likeness (QED) is 0.346. The lowest BCUT2D eigenvalue weighted by atomic mass is 10.3. The molecule has 4 nitrogen and oxygen atoms in total. The molecule has 0 saturated carbocycles. The van der Waals surface area contributed by atoms with Crippen molar-refractivity contribution in [2.45, 2.75) is 55.4 Å². The molecular weight excluding hydrogens is 370 g/mol. The van der Waals surface area contributed by atoms with Crippen molar-refractivity contribution in [3.05, 3.63) is 100 Å². The number of nitrogens with one attached hydrogen (secondary N) is 1. The van der Waals surface area contributed by atoms with Crippen LogP contribution in [0.15, 0.2) is 59.0 Å². The zero-order valence-corrected chi connectivity index (χ0v) is 20.0. The standard InChI is InChI=1S/C7H11N.C7H9N.C6H9N.C6H8O/c1-6-4-5-7(2)8(6)3;1-6-4-3-5-7(2)8-6;2*1-5-3-4-6(2)7-5/h4-5H,1-3H3;3-5H,1-2H3;3-4,7H,1-2H3;3-4H,1-2H3. The van der Waals surface area contributed by atoms with E-state index in [9.17, 15) is 0 Å². The van der Waals surface area contributed by atoms with Gasteiger partial charge in [0, 0.05) is 41.2 Å². The molecule has 0 atom stereocenters. The van der Waals surface area contributed by atoms with E-state index in [0.717, 1.165) is 22.9 Å². The largest absolute Gasteiger partial charge is 0.467 e. The Kier molecular flexibility index (Phi) is 10.5. The van der Waals surface area contributed by atoms with E-state index in [1.54, 1.807) is 0 Å². The molecule has 0 saturated heterocycles. The van der Waals surface area contributed by atoms with Crippen molar-refractivity contribution in [2.75, 3.05) is 0 Å². The molecule has 0 unspecified atom stereocenters. The van der Waals surface area contributed by atoms with Gasteiger partial charge in [0.2, 0.25) is 0 Å². The van der Waals surface area contributed by atoms with Crippen LogP contribution in [0.3, 0.4) is 0 Å². The van der Waals surface area contributed by atoms with Crippen LogP contribution in [-0.4, -0.2) is 14.5 Å². The van der Waals surface area contributed by atoms with Crippen LogP contribution in [0.2, 0.25) is 0 Å². The Labute approximate surface area is 182 Å². The number of hydrogen-bond acceptors (Lipinski definition) is 2. The van der Waals surface area contributed by atoms with Crippen molar-refractivity contribution >= 4 is 0 Å². The van der Waals surface area contributed by atoms with Gasteiger partial charge in [-0.05, 0) is 104 Å². The molecule has 0 spiro atoms. The molecule has 4 aromatic rings. The topological polar surface area (TPSA) is 46.8 Å². The predicted octanol–water partition coefficient (Wildman–Crippen LogP) is 6.87. The summed E-state index contributed by atoms with van der Waals surface area (Å²) < 4.78 is 7.25. The maximum absolute atomic E-state index is 5.08. The monoisotopic (exact) mass is 407 g/mol. The molecule has 4 rings (SSSR count). The minimum Gasteiger partial charge on any atom is -0.467 e. The van der Waals surface area contributed by atoms with Gasteiger partial charge in [-0.3, -0.25) is 4.98 Å². The predicted molar refractivity (Wildman–Crippen MR) is 127 cm³/mol. The van der Waals surface area contributed by atoms with Gasteiger partial charge >= 0.3 is 0 Å². The molecule has 0 radical (unpaired) electrons. The first-order valence-electron chi connectivity index (χ1n) is 10.2. The summed E-state index contributed by atoms with van der Waals surface area (Å²) in [5.41, 5.74) is 7.29. The Morgan fingerprint density at radius 2 is 1.07 bits per heavy atom. The van der Waals surface area contributed by atoms with Gasteiger partial charge in [0.15, 0.2) is 0 Å². The number of pyridine rings is 1. The van der Waals surface area contributed by atoms with Crippen molar-refractivity contribution in [3.8, 4) is 0 Å². The second kappa shape index (κ2) is 12.5. The van der Waals surface area contributed by atoms with Gasteiger partial charge in [0.05, 0.1) is 0 Å². The molecule has 30 heavy (non-hydrogen) atoms. The average molecular weight is 408 g/mol. The van der Waals surface area contributed by atoms with E-state index in [4.69, 9.17) is 4.42 Å². The molecule has 162 valence electrons. The maximum atomic E-state index is 5.08. The highest BCUT2D eigenvalue weighted by atomic mass is 16.3. The number of aromatic nitrogens is 3. The highest BCUT2D eigenvalue weighted by Crippen LogP contribution is 2.03. The van der Waals surface area contributed by atoms with Crippen LogP contribution in [0.25, 0.3) is 0 Å². The third-order valence-corrected chi connectivity index (χ3v) is 4.50. The Morgan fingerprint density at radius 3 is 1.23 bits per heavy atom. The minimum atomic E-state index is 0.984. The molecular formula is C26H37N3O. The van der Waals surface area contributed by atoms with Crippen molar-refractivity contribution in [2.24, 2.45) is 7.05 Å². The average Bonchev–Trinajstić information content (AvgIpc) is 3.33. The van der Waals surface area contributed by atoms with Crippen molar-refractivity contribution in [3.63, 3.8) is 0 Å². The lowest BCUT2D eigenvalue weighted by molar-refractivity contribution is 0.504. The van der Waals surface area contributed by atoms with Crippen LogP contribution in [-0.2, 0) is 7.05 Å². The summed E-state index contributed by atoms with van der Waals surface area (Å²) >= 11 is 0. The summed E-state index contributed by atoms with van der Waals surface area (Å²) in [5, 5.41) is 0. The first-order chi connectivity index (χ1) is 14.1. The number of H-pyrrole nitrogens is 1. The smallest absolute Gasteiger partial charge is 0.101 e. The molecule has 0 amide bonds. The number of furan rings is 1. The molecule has 0 aliphatic rings. The third kappa shape index (κ3) is 9.97. The Bertz CT molecular complexity index is 897. The van der Waals surface area contributed by atoms with Crippen LogP contribution in [0.4, 0.5) is 0 Å². The molecule has 0 aliphatic carbocycles. The number of hydrogen-bond donors (Lipinski definition) is 1. The first kappa shape index (κ1) is 25.0. The van der Waals surface area contributed by atoms with Gasteiger partial charge in [0.1, 0.15) is 11.5 Å². The SMILES string of the molecule is Cc1ccc(C)[nH]1.Cc1ccc(C)n1C.Cc1ccc(C)o1.Cc1cccc(C)n1. The summed E-state index contributed by atoms with van der Waals surface area (Å²) in [6.45, 7) is 16.2. The normalized spacial score (nSPS) is 9.50. The van der Waals surface area contributed by atoms with E-state index in [-0.39, 0.29) is 0 Å². The second-order valence-corrected chi connectivity index (χ2v) is 7.58. The van der Waals surface area contributed by atoms with E-state index < -0.39 is 0 Å². The number of aryl methyl sites for hydroxylation is 8. The Morgan fingerprint density at radius 1 is 0.633 bits per heavy atom. The maximum Gasteiger partial charge on any atom is 0.101 e. The fraction of sp³-hybridized carbons (Fsp3) is 0.346. The van der Waals surface area contributed by atoms with Crippen LogP contribution < -0.4 is 0 Å². The fourth-order valence-electron chi connectivity index (χ4n) is 2.62. The van der Waals surface area contributed by atoms with Crippen LogP contribution in [0, 0.1) is 55.4 Å². The first-order valence-corrected chi connectivity index (χ1v) is 10.2. The van der Waals surface area contributed by atoms with Crippen molar-refractivity contribution < 1.29 is 4.42 Å². The lowest BCUT2D eigenvalue weighted by Crippen LogP contribution is -1.91. The fourth-order valence-corrected chi connectivity index (χ4v) is 2.62. The van der Waals surface area contributed by atoms with E-state index in [0.29, 0.717) is 0 Å². The molecule has 0 aliphatic heterocycles. The highest BCUT2D eigenvalue weighted by molar-refractivity contribution is 5.12. The zero-order valence-electron chi connectivity index (χ0n) is 20.0. The van der Waals surface area contributed by atoms with Gasteiger partial charge in [-0.25, -0.2) is 0 Å². The Balaban J connectivity index is 0.000000200. The van der Waals surface area contributed by atoms with Crippen molar-refractivity contribution in [1.29, 1.82) is 0 Å².